The first-order chi connectivity index (χ1) is 13.3. The predicted molar refractivity (Wildman–Crippen MR) is 93.9 cm³/mol. The Labute approximate surface area is 158 Å². The molecule has 9 heteroatoms. The Bertz CT molecular complexity index is 886. The van der Waals surface area contributed by atoms with Crippen LogP contribution in [0, 0.1) is 0 Å². The summed E-state index contributed by atoms with van der Waals surface area (Å²) in [5.41, 5.74) is -3.11. The van der Waals surface area contributed by atoms with Gasteiger partial charge in [-0.05, 0) is 17.7 Å². The number of amides is 1. The topological polar surface area (TPSA) is 71.4 Å². The number of rotatable bonds is 5. The summed E-state index contributed by atoms with van der Waals surface area (Å²) in [4.78, 5) is 12.5. The second kappa shape index (κ2) is 7.51. The van der Waals surface area contributed by atoms with Gasteiger partial charge in [-0.3, -0.25) is 4.79 Å². The van der Waals surface area contributed by atoms with Crippen LogP contribution in [0.2, 0.25) is 0 Å². The van der Waals surface area contributed by atoms with Gasteiger partial charge in [0.2, 0.25) is 0 Å². The fraction of sp³-hybridized carbons (Fsp3) is 0.263. The second-order valence-corrected chi connectivity index (χ2v) is 6.05. The summed E-state index contributed by atoms with van der Waals surface area (Å²) in [6.07, 6.45) is -5.98. The van der Waals surface area contributed by atoms with Crippen LogP contribution in [0.3, 0.4) is 0 Å². The number of alkyl halides is 3. The molecule has 0 aromatic heterocycles. The molecule has 6 nitrogen and oxygen atoms in total. The van der Waals surface area contributed by atoms with Crippen molar-refractivity contribution >= 4 is 11.6 Å². The summed E-state index contributed by atoms with van der Waals surface area (Å²) in [6, 6.07) is 14.4. The first kappa shape index (κ1) is 19.7. The number of hydrogen-bond acceptors (Lipinski definition) is 5. The van der Waals surface area contributed by atoms with Crippen molar-refractivity contribution in [3.05, 3.63) is 60.2 Å². The molecule has 1 heterocycles. The van der Waals surface area contributed by atoms with Crippen LogP contribution in [0.25, 0.3) is 0 Å². The number of aliphatic hydroxyl groups is 1. The molecule has 0 saturated carbocycles. The molecule has 28 heavy (non-hydrogen) atoms. The summed E-state index contributed by atoms with van der Waals surface area (Å²) in [6.45, 7) is -0.760. The van der Waals surface area contributed by atoms with Gasteiger partial charge in [-0.25, -0.2) is 0 Å². The Morgan fingerprint density at radius 3 is 2.36 bits per heavy atom. The highest BCUT2D eigenvalue weighted by atomic mass is 19.4. The number of hydrogen-bond donors (Lipinski definition) is 1. The molecule has 2 aromatic rings. The number of para-hydroxylation sites is 2. The van der Waals surface area contributed by atoms with Crippen molar-refractivity contribution in [3.63, 3.8) is 0 Å². The number of hydrazone groups is 1. The molecule has 148 valence electrons. The van der Waals surface area contributed by atoms with Crippen LogP contribution in [-0.4, -0.2) is 47.4 Å². The van der Waals surface area contributed by atoms with E-state index in [9.17, 15) is 23.1 Å². The maximum atomic E-state index is 13.5. The third-order valence-electron chi connectivity index (χ3n) is 4.20. The lowest BCUT2D eigenvalue weighted by Gasteiger charge is -2.32. The summed E-state index contributed by atoms with van der Waals surface area (Å²) < 4.78 is 51.0. The molecular weight excluding hydrogens is 377 g/mol. The van der Waals surface area contributed by atoms with E-state index in [-0.39, 0.29) is 16.5 Å². The van der Waals surface area contributed by atoms with E-state index in [4.69, 9.17) is 9.47 Å². The third kappa shape index (κ3) is 3.65. The lowest BCUT2D eigenvalue weighted by molar-refractivity contribution is -0.302. The first-order valence-electron chi connectivity index (χ1n) is 8.27. The Kier molecular flexibility index (Phi) is 5.28. The largest absolute Gasteiger partial charge is 0.493 e. The van der Waals surface area contributed by atoms with Crippen LogP contribution in [0.4, 0.5) is 13.2 Å². The average molecular weight is 394 g/mol. The molecule has 0 bridgehead atoms. The van der Waals surface area contributed by atoms with Gasteiger partial charge in [-0.1, -0.05) is 42.5 Å². The van der Waals surface area contributed by atoms with E-state index in [1.165, 1.54) is 13.2 Å². The SMILES string of the molecule is COc1ccccc1OCC(=O)N1N=C(c2ccccc2)C[C@@]1(O)C(F)(F)F. The molecule has 0 fully saturated rings. The molecule has 0 unspecified atom stereocenters. The summed E-state index contributed by atoms with van der Waals surface area (Å²) in [5.74, 6) is -0.645. The number of carbonyl (C=O) groups is 1. The molecular formula is C19H17F3N2O4. The molecule has 3 rings (SSSR count). The monoisotopic (exact) mass is 394 g/mol. The molecule has 0 radical (unpaired) electrons. The van der Waals surface area contributed by atoms with Crippen molar-refractivity contribution in [2.45, 2.75) is 18.3 Å². The van der Waals surface area contributed by atoms with Gasteiger partial charge in [0.1, 0.15) is 0 Å². The molecule has 1 aliphatic heterocycles. The smallest absolute Gasteiger partial charge is 0.438 e. The Hall–Kier alpha value is -3.07. The zero-order valence-corrected chi connectivity index (χ0v) is 14.8. The molecule has 1 amide bonds. The molecule has 1 aliphatic rings. The number of halogens is 3. The molecule has 1 atom stereocenters. The molecule has 1 N–H and O–H groups in total. The van der Waals surface area contributed by atoms with Gasteiger partial charge in [0.25, 0.3) is 11.6 Å². The van der Waals surface area contributed by atoms with Gasteiger partial charge in [0.15, 0.2) is 18.1 Å². The van der Waals surface area contributed by atoms with E-state index >= 15 is 0 Å². The zero-order valence-electron chi connectivity index (χ0n) is 14.8. The molecule has 0 spiro atoms. The summed E-state index contributed by atoms with van der Waals surface area (Å²) >= 11 is 0. The van der Waals surface area contributed by atoms with Crippen LogP contribution in [0.1, 0.15) is 12.0 Å². The average Bonchev–Trinajstić information content (AvgIpc) is 3.06. The Morgan fingerprint density at radius 2 is 1.75 bits per heavy atom. The van der Waals surface area contributed by atoms with Gasteiger partial charge in [-0.2, -0.15) is 23.3 Å². The van der Waals surface area contributed by atoms with Gasteiger partial charge < -0.3 is 14.6 Å². The lowest BCUT2D eigenvalue weighted by atomic mass is 10.0. The lowest BCUT2D eigenvalue weighted by Crippen LogP contribution is -2.57. The summed E-state index contributed by atoms with van der Waals surface area (Å²) in [7, 11) is 1.39. The highest BCUT2D eigenvalue weighted by Crippen LogP contribution is 2.41. The minimum Gasteiger partial charge on any atom is -0.493 e. The van der Waals surface area contributed by atoms with E-state index in [0.29, 0.717) is 11.3 Å². The Balaban J connectivity index is 1.85. The van der Waals surface area contributed by atoms with Crippen molar-refractivity contribution in [3.8, 4) is 11.5 Å². The second-order valence-electron chi connectivity index (χ2n) is 6.05. The van der Waals surface area contributed by atoms with E-state index in [1.54, 1.807) is 48.5 Å². The molecule has 0 saturated heterocycles. The summed E-state index contributed by atoms with van der Waals surface area (Å²) in [5, 5.41) is 14.1. The maximum absolute atomic E-state index is 13.5. The van der Waals surface area contributed by atoms with E-state index in [2.05, 4.69) is 5.10 Å². The van der Waals surface area contributed by atoms with Crippen LogP contribution < -0.4 is 9.47 Å². The molecule has 0 aliphatic carbocycles. The van der Waals surface area contributed by atoms with E-state index in [0.717, 1.165) is 0 Å². The van der Waals surface area contributed by atoms with Crippen molar-refractivity contribution in [2.24, 2.45) is 5.10 Å². The number of nitrogens with zero attached hydrogens (tertiary/aromatic N) is 2. The molecule has 2 aromatic carbocycles. The maximum Gasteiger partial charge on any atom is 0.438 e. The minimum atomic E-state index is -5.10. The highest BCUT2D eigenvalue weighted by Gasteiger charge is 2.63. The van der Waals surface area contributed by atoms with Crippen molar-refractivity contribution < 1.29 is 32.5 Å². The zero-order chi connectivity index (χ0) is 20.4. The van der Waals surface area contributed by atoms with Crippen LogP contribution in [0.15, 0.2) is 59.7 Å². The first-order valence-corrected chi connectivity index (χ1v) is 8.27. The quantitative estimate of drug-likeness (QED) is 0.847. The van der Waals surface area contributed by atoms with Crippen molar-refractivity contribution in [2.75, 3.05) is 13.7 Å². The minimum absolute atomic E-state index is 0.0464. The fourth-order valence-electron chi connectivity index (χ4n) is 2.76. The van der Waals surface area contributed by atoms with Crippen LogP contribution >= 0.6 is 0 Å². The van der Waals surface area contributed by atoms with Gasteiger partial charge >= 0.3 is 6.18 Å². The van der Waals surface area contributed by atoms with E-state index < -0.39 is 30.8 Å². The van der Waals surface area contributed by atoms with Gasteiger partial charge in [-0.15, -0.1) is 0 Å². The highest BCUT2D eigenvalue weighted by molar-refractivity contribution is 6.03. The third-order valence-corrected chi connectivity index (χ3v) is 4.20. The van der Waals surface area contributed by atoms with E-state index in [1.807, 2.05) is 0 Å². The normalized spacial score (nSPS) is 19.3. The van der Waals surface area contributed by atoms with Gasteiger partial charge in [0.05, 0.1) is 19.2 Å². The standard InChI is InChI=1S/C19H17F3N2O4/c1-27-15-9-5-6-10-16(15)28-12-17(25)24-18(26,19(20,21)22)11-14(23-24)13-7-3-2-4-8-13/h2-10,26H,11-12H2,1H3/t18-/m1/s1. The number of methoxy groups -OCH3 is 1. The van der Waals surface area contributed by atoms with Crippen molar-refractivity contribution in [1.82, 2.24) is 5.01 Å². The van der Waals surface area contributed by atoms with Gasteiger partial charge in [0, 0.05) is 0 Å². The number of benzene rings is 2. The van der Waals surface area contributed by atoms with Crippen molar-refractivity contribution in [1.29, 1.82) is 0 Å². The number of carbonyl (C=O) groups excluding carboxylic acids is 1. The predicted octanol–water partition coefficient (Wildman–Crippen LogP) is 2.96. The number of ether oxygens (including phenoxy) is 2. The Morgan fingerprint density at radius 1 is 1.14 bits per heavy atom. The van der Waals surface area contributed by atoms with Crippen LogP contribution in [0.5, 0.6) is 11.5 Å². The van der Waals surface area contributed by atoms with Crippen LogP contribution in [-0.2, 0) is 4.79 Å². The fourth-order valence-corrected chi connectivity index (χ4v) is 2.76.